The second kappa shape index (κ2) is 11.1. The Morgan fingerprint density at radius 1 is 1.20 bits per heavy atom. The number of fused-ring (bicyclic) bond motifs is 2. The molecule has 3 aromatic heterocycles. The summed E-state index contributed by atoms with van der Waals surface area (Å²) in [6, 6.07) is 4.08. The van der Waals surface area contributed by atoms with Gasteiger partial charge in [-0.3, -0.25) is 9.48 Å². The Morgan fingerprint density at radius 3 is 2.68 bits per heavy atom. The van der Waals surface area contributed by atoms with E-state index in [2.05, 4.69) is 53.1 Å². The van der Waals surface area contributed by atoms with Crippen LogP contribution >= 0.6 is 10.0 Å². The summed E-state index contributed by atoms with van der Waals surface area (Å²) in [5.74, 6) is 3.66. The first-order chi connectivity index (χ1) is 19.6. The lowest BCUT2D eigenvalue weighted by Gasteiger charge is -2.24. The molecule has 0 radical (unpaired) electrons. The van der Waals surface area contributed by atoms with Gasteiger partial charge in [0.1, 0.15) is 12.5 Å². The third-order valence-corrected chi connectivity index (χ3v) is 10.4. The van der Waals surface area contributed by atoms with Crippen molar-refractivity contribution in [2.45, 2.75) is 46.0 Å². The van der Waals surface area contributed by atoms with Crippen molar-refractivity contribution in [1.82, 2.24) is 29.9 Å². The standard InChI is InChI=1S/C30H43N7O3S/c1-19-21(6-9-28(32-19)35-15-24-25(16-35)26(24)17-38)13-36-14-22(12-31-36)30(39)33-27-8-7-23-20(2)37(34-29(23)27)18-40-10-11-41(3,4)5/h6,9,12,14,24-27,38H,7-8,10-11,13,15-18H2,1-5H3,(H,33,39)/t24-,25+,26-,27-/m1/s1. The van der Waals surface area contributed by atoms with Crippen LogP contribution in [0.4, 0.5) is 5.82 Å². The van der Waals surface area contributed by atoms with Crippen LogP contribution in [0.15, 0.2) is 24.5 Å². The fraction of sp³-hybridized carbons (Fsp3) is 0.600. The van der Waals surface area contributed by atoms with Crippen LogP contribution in [0.25, 0.3) is 0 Å². The fourth-order valence-electron chi connectivity index (χ4n) is 6.36. The number of ether oxygens (including phenoxy) is 1. The third-order valence-electron chi connectivity index (χ3n) is 9.05. The molecule has 1 amide bonds. The number of aliphatic hydroxyl groups is 1. The molecule has 6 rings (SSSR count). The van der Waals surface area contributed by atoms with Gasteiger partial charge in [0, 0.05) is 43.0 Å². The van der Waals surface area contributed by atoms with E-state index in [1.54, 1.807) is 17.1 Å². The van der Waals surface area contributed by atoms with E-state index in [4.69, 9.17) is 14.8 Å². The molecule has 4 heterocycles. The van der Waals surface area contributed by atoms with Gasteiger partial charge < -0.3 is 20.1 Å². The first-order valence-corrected chi connectivity index (χ1v) is 17.6. The Morgan fingerprint density at radius 2 is 1.98 bits per heavy atom. The van der Waals surface area contributed by atoms with Gasteiger partial charge in [-0.15, -0.1) is 0 Å². The molecule has 3 aromatic rings. The van der Waals surface area contributed by atoms with Crippen molar-refractivity contribution in [2.24, 2.45) is 17.8 Å². The van der Waals surface area contributed by atoms with Crippen LogP contribution in [0.5, 0.6) is 0 Å². The monoisotopic (exact) mass is 581 g/mol. The van der Waals surface area contributed by atoms with Crippen molar-refractivity contribution < 1.29 is 14.6 Å². The molecule has 0 aromatic carbocycles. The summed E-state index contributed by atoms with van der Waals surface area (Å²) < 4.78 is 9.64. The largest absolute Gasteiger partial charge is 0.396 e. The minimum atomic E-state index is -0.580. The highest BCUT2D eigenvalue weighted by Gasteiger charge is 2.55. The maximum Gasteiger partial charge on any atom is 0.255 e. The molecule has 4 atom stereocenters. The number of aliphatic hydroxyl groups excluding tert-OH is 1. The number of nitrogens with one attached hydrogen (secondary N) is 1. The zero-order chi connectivity index (χ0) is 28.9. The molecule has 0 spiro atoms. The highest BCUT2D eigenvalue weighted by Crippen LogP contribution is 2.51. The number of carbonyl (C=O) groups excluding carboxylic acids is 1. The molecule has 1 aliphatic heterocycles. The van der Waals surface area contributed by atoms with Crippen LogP contribution in [0.3, 0.4) is 0 Å². The molecule has 10 nitrogen and oxygen atoms in total. The summed E-state index contributed by atoms with van der Waals surface area (Å²) in [7, 11) is -0.580. The molecular weight excluding hydrogens is 538 g/mol. The van der Waals surface area contributed by atoms with Gasteiger partial charge >= 0.3 is 0 Å². The minimum Gasteiger partial charge on any atom is -0.396 e. The van der Waals surface area contributed by atoms with Crippen molar-refractivity contribution >= 4 is 21.8 Å². The second-order valence-electron chi connectivity index (χ2n) is 12.8. The van der Waals surface area contributed by atoms with Gasteiger partial charge in [-0.2, -0.15) is 10.2 Å². The summed E-state index contributed by atoms with van der Waals surface area (Å²) in [6.07, 6.45) is 12.1. The number of aromatic nitrogens is 5. The predicted octanol–water partition coefficient (Wildman–Crippen LogP) is 2.90. The van der Waals surface area contributed by atoms with E-state index < -0.39 is 10.0 Å². The molecule has 3 aliphatic rings. The molecule has 2 aliphatic carbocycles. The van der Waals surface area contributed by atoms with E-state index in [0.29, 0.717) is 43.2 Å². The molecule has 1 saturated heterocycles. The molecule has 222 valence electrons. The van der Waals surface area contributed by atoms with Crippen LogP contribution < -0.4 is 10.2 Å². The van der Waals surface area contributed by atoms with Crippen LogP contribution in [-0.4, -0.2) is 86.4 Å². The van der Waals surface area contributed by atoms with Crippen molar-refractivity contribution in [3.8, 4) is 0 Å². The van der Waals surface area contributed by atoms with Gasteiger partial charge in [0.2, 0.25) is 0 Å². The van der Waals surface area contributed by atoms with E-state index in [1.165, 1.54) is 5.56 Å². The van der Waals surface area contributed by atoms with E-state index in [-0.39, 0.29) is 11.9 Å². The Kier molecular flexibility index (Phi) is 7.63. The summed E-state index contributed by atoms with van der Waals surface area (Å²) >= 11 is 0. The molecule has 0 bridgehead atoms. The second-order valence-corrected chi connectivity index (χ2v) is 17.4. The van der Waals surface area contributed by atoms with Gasteiger partial charge in [0.15, 0.2) is 0 Å². The number of piperidine rings is 1. The molecule has 1 saturated carbocycles. The first kappa shape index (κ1) is 28.2. The Bertz CT molecular complexity index is 1420. The molecule has 11 heteroatoms. The number of nitrogens with zero attached hydrogens (tertiary/aromatic N) is 6. The smallest absolute Gasteiger partial charge is 0.255 e. The summed E-state index contributed by atoms with van der Waals surface area (Å²) in [5, 5.41) is 21.9. The molecular formula is C30H43N7O3S. The molecule has 0 unspecified atom stereocenters. The SMILES string of the molecule is Cc1nc(N2C[C@@H]3[C@H](CO)[C@@H]3C2)ccc1Cn1cc(C(=O)N[C@@H]2CCc3c2nn(COCCS(C)(C)C)c3C)cn1. The van der Waals surface area contributed by atoms with E-state index >= 15 is 0 Å². The van der Waals surface area contributed by atoms with Gasteiger partial charge in [-0.05, 0) is 80.4 Å². The van der Waals surface area contributed by atoms with Crippen molar-refractivity contribution in [1.29, 1.82) is 0 Å². The van der Waals surface area contributed by atoms with E-state index in [0.717, 1.165) is 66.8 Å². The number of hydrogen-bond acceptors (Lipinski definition) is 7. The van der Waals surface area contributed by atoms with Crippen LogP contribution in [0.1, 0.15) is 51.0 Å². The predicted molar refractivity (Wildman–Crippen MR) is 162 cm³/mol. The zero-order valence-electron chi connectivity index (χ0n) is 24.8. The van der Waals surface area contributed by atoms with Crippen LogP contribution in [0.2, 0.25) is 0 Å². The minimum absolute atomic E-state index is 0.108. The molecule has 2 fully saturated rings. The molecule has 2 N–H and O–H groups in total. The lowest BCUT2D eigenvalue weighted by Crippen LogP contribution is -2.27. The van der Waals surface area contributed by atoms with E-state index in [9.17, 15) is 9.90 Å². The maximum absolute atomic E-state index is 13.2. The fourth-order valence-corrected chi connectivity index (χ4v) is 6.98. The average molecular weight is 582 g/mol. The number of pyridine rings is 1. The summed E-state index contributed by atoms with van der Waals surface area (Å²) in [4.78, 5) is 20.3. The highest BCUT2D eigenvalue weighted by molar-refractivity contribution is 8.32. The van der Waals surface area contributed by atoms with Crippen molar-refractivity contribution in [3.63, 3.8) is 0 Å². The van der Waals surface area contributed by atoms with Gasteiger partial charge in [-0.25, -0.2) is 19.7 Å². The third kappa shape index (κ3) is 5.89. The summed E-state index contributed by atoms with van der Waals surface area (Å²) in [6.45, 7) is 8.11. The zero-order valence-corrected chi connectivity index (χ0v) is 25.7. The number of hydrogen-bond donors (Lipinski definition) is 2. The lowest BCUT2D eigenvalue weighted by molar-refractivity contribution is 0.0786. The van der Waals surface area contributed by atoms with Crippen molar-refractivity contribution in [2.75, 3.05) is 55.7 Å². The number of aryl methyl sites for hydroxylation is 1. The Balaban J connectivity index is 1.04. The number of amides is 1. The first-order valence-electron chi connectivity index (χ1n) is 14.6. The molecule has 41 heavy (non-hydrogen) atoms. The average Bonchev–Trinajstić information content (AvgIpc) is 3.44. The van der Waals surface area contributed by atoms with Gasteiger partial charge in [-0.1, -0.05) is 6.07 Å². The lowest BCUT2D eigenvalue weighted by atomic mass is 10.2. The van der Waals surface area contributed by atoms with Crippen LogP contribution in [0, 0.1) is 31.6 Å². The van der Waals surface area contributed by atoms with Gasteiger partial charge in [0.05, 0.1) is 36.6 Å². The van der Waals surface area contributed by atoms with Gasteiger partial charge in [0.25, 0.3) is 5.91 Å². The summed E-state index contributed by atoms with van der Waals surface area (Å²) in [5.41, 5.74) is 5.89. The normalized spacial score (nSPS) is 23.5. The van der Waals surface area contributed by atoms with Crippen molar-refractivity contribution in [3.05, 3.63) is 58.3 Å². The Labute approximate surface area is 243 Å². The van der Waals surface area contributed by atoms with Crippen LogP contribution in [-0.2, 0) is 24.4 Å². The quantitative estimate of drug-likeness (QED) is 0.335. The number of rotatable bonds is 11. The maximum atomic E-state index is 13.2. The van der Waals surface area contributed by atoms with E-state index in [1.807, 2.05) is 11.6 Å². The Hall–Kier alpha value is -2.89. The number of carbonyl (C=O) groups is 1. The highest BCUT2D eigenvalue weighted by atomic mass is 32.3. The topological polar surface area (TPSA) is 110 Å². The number of anilines is 1.